The van der Waals surface area contributed by atoms with E-state index >= 15 is 0 Å². The van der Waals surface area contributed by atoms with Crippen molar-refractivity contribution in [2.45, 2.75) is 6.42 Å². The molecule has 0 radical (unpaired) electrons. The molecule has 6 heteroatoms. The first-order chi connectivity index (χ1) is 4.06. The van der Waals surface area contributed by atoms with Crippen LogP contribution in [0.3, 0.4) is 0 Å². The molecule has 0 fully saturated rings. The van der Waals surface area contributed by atoms with Crippen LogP contribution < -0.4 is 4.72 Å². The highest BCUT2D eigenvalue weighted by atomic mass is 79.9. The van der Waals surface area contributed by atoms with Crippen LogP contribution in [0.4, 0.5) is 0 Å². The van der Waals surface area contributed by atoms with Crippen molar-refractivity contribution >= 4 is 34.9 Å². The molecule has 0 spiro atoms. The standard InChI is InChI=1S/C3H7BrClNO2S/c4-9(7,8)6-3-1-2-5/h6H,1-3H2. The van der Waals surface area contributed by atoms with Crippen molar-refractivity contribution in [2.24, 2.45) is 0 Å². The van der Waals surface area contributed by atoms with Gasteiger partial charge in [0.05, 0.1) is 14.8 Å². The molecule has 0 rings (SSSR count). The molecule has 9 heavy (non-hydrogen) atoms. The Morgan fingerprint density at radius 3 is 2.44 bits per heavy atom. The Morgan fingerprint density at radius 2 is 2.11 bits per heavy atom. The zero-order chi connectivity index (χ0) is 7.33. The summed E-state index contributed by atoms with van der Waals surface area (Å²) in [7, 11) is -3.19. The summed E-state index contributed by atoms with van der Waals surface area (Å²) in [5.74, 6) is 0.468. The molecule has 0 saturated carbocycles. The number of hydrogen-bond donors (Lipinski definition) is 1. The molecule has 0 aromatic carbocycles. The third kappa shape index (κ3) is 8.68. The van der Waals surface area contributed by atoms with Gasteiger partial charge in [0.2, 0.25) is 0 Å². The summed E-state index contributed by atoms with van der Waals surface area (Å²) in [6.07, 6.45) is 0.645. The van der Waals surface area contributed by atoms with Crippen molar-refractivity contribution in [1.29, 1.82) is 0 Å². The molecule has 0 aliphatic rings. The molecule has 0 saturated heterocycles. The number of rotatable bonds is 4. The average Bonchev–Trinajstić information content (AvgIpc) is 1.63. The Labute approximate surface area is 67.0 Å². The van der Waals surface area contributed by atoms with E-state index in [0.29, 0.717) is 18.8 Å². The normalized spacial score (nSPS) is 11.8. The fourth-order valence-corrected chi connectivity index (χ4v) is 1.27. The van der Waals surface area contributed by atoms with E-state index in [1.54, 1.807) is 0 Å². The summed E-state index contributed by atoms with van der Waals surface area (Å²) in [6, 6.07) is 0. The van der Waals surface area contributed by atoms with E-state index in [-0.39, 0.29) is 0 Å². The lowest BCUT2D eigenvalue weighted by molar-refractivity contribution is 0.597. The van der Waals surface area contributed by atoms with Crippen molar-refractivity contribution in [2.75, 3.05) is 12.4 Å². The van der Waals surface area contributed by atoms with Crippen molar-refractivity contribution in [3.8, 4) is 0 Å². The molecular formula is C3H7BrClNO2S. The minimum atomic E-state index is -3.19. The van der Waals surface area contributed by atoms with E-state index in [1.807, 2.05) is 0 Å². The van der Waals surface area contributed by atoms with E-state index < -0.39 is 8.46 Å². The Morgan fingerprint density at radius 1 is 1.56 bits per heavy atom. The fourth-order valence-electron chi connectivity index (χ4n) is 0.261. The van der Waals surface area contributed by atoms with Gasteiger partial charge in [0, 0.05) is 12.4 Å². The van der Waals surface area contributed by atoms with E-state index in [1.165, 1.54) is 0 Å². The second kappa shape index (κ2) is 4.49. The lowest BCUT2D eigenvalue weighted by atomic mass is 10.5. The second-order valence-corrected chi connectivity index (χ2v) is 5.47. The molecule has 0 bridgehead atoms. The molecule has 3 nitrogen and oxygen atoms in total. The van der Waals surface area contributed by atoms with Gasteiger partial charge >= 0.3 is 0 Å². The van der Waals surface area contributed by atoms with Crippen LogP contribution in [-0.4, -0.2) is 20.8 Å². The summed E-state index contributed by atoms with van der Waals surface area (Å²) >= 11 is 7.71. The quantitative estimate of drug-likeness (QED) is 0.447. The number of halogens is 2. The Hall–Kier alpha value is 0.680. The van der Waals surface area contributed by atoms with Crippen LogP contribution in [0.5, 0.6) is 0 Å². The molecular weight excluding hydrogens is 229 g/mol. The number of alkyl halides is 1. The van der Waals surface area contributed by atoms with Crippen LogP contribution in [0.15, 0.2) is 0 Å². The Balaban J connectivity index is 3.30. The minimum absolute atomic E-state index is 0.386. The van der Waals surface area contributed by atoms with Gasteiger partial charge in [0.1, 0.15) is 0 Å². The third-order valence-corrected chi connectivity index (χ3v) is 2.09. The van der Waals surface area contributed by atoms with Crippen LogP contribution in [-0.2, 0) is 8.46 Å². The molecule has 0 aliphatic heterocycles. The van der Waals surface area contributed by atoms with Crippen molar-refractivity contribution in [1.82, 2.24) is 4.72 Å². The maximum absolute atomic E-state index is 10.3. The largest absolute Gasteiger partial charge is 0.272 e. The lowest BCUT2D eigenvalue weighted by Crippen LogP contribution is -2.18. The van der Waals surface area contributed by atoms with Gasteiger partial charge in [-0.1, -0.05) is 0 Å². The van der Waals surface area contributed by atoms with Gasteiger partial charge in [-0.2, -0.15) is 0 Å². The summed E-state index contributed by atoms with van der Waals surface area (Å²) in [6.45, 7) is 0.386. The van der Waals surface area contributed by atoms with E-state index in [9.17, 15) is 8.42 Å². The SMILES string of the molecule is O=S(=O)(Br)NCCCCl. The molecule has 0 heterocycles. The van der Waals surface area contributed by atoms with Crippen molar-refractivity contribution < 1.29 is 8.42 Å². The predicted molar refractivity (Wildman–Crippen MR) is 41.2 cm³/mol. The monoisotopic (exact) mass is 235 g/mol. The van der Waals surface area contributed by atoms with Gasteiger partial charge < -0.3 is 0 Å². The van der Waals surface area contributed by atoms with Gasteiger partial charge in [-0.05, 0) is 6.42 Å². The topological polar surface area (TPSA) is 46.2 Å². The highest BCUT2D eigenvalue weighted by Gasteiger charge is 1.99. The van der Waals surface area contributed by atoms with Crippen LogP contribution in [0.2, 0.25) is 0 Å². The molecule has 56 valence electrons. The fraction of sp³-hybridized carbons (Fsp3) is 1.00. The summed E-state index contributed by atoms with van der Waals surface area (Å²) in [4.78, 5) is 0. The highest BCUT2D eigenvalue weighted by molar-refractivity contribution is 9.47. The van der Waals surface area contributed by atoms with Crippen LogP contribution in [0.25, 0.3) is 0 Å². The van der Waals surface area contributed by atoms with E-state index in [2.05, 4.69) is 19.5 Å². The third-order valence-electron chi connectivity index (χ3n) is 0.585. The predicted octanol–water partition coefficient (Wildman–Crippen LogP) is 0.845. The van der Waals surface area contributed by atoms with Gasteiger partial charge in [-0.25, -0.2) is 13.1 Å². The molecule has 1 N–H and O–H groups in total. The maximum atomic E-state index is 10.3. The van der Waals surface area contributed by atoms with E-state index in [0.717, 1.165) is 0 Å². The maximum Gasteiger partial charge on any atom is 0.272 e. The molecule has 0 amide bonds. The van der Waals surface area contributed by atoms with Crippen molar-refractivity contribution in [3.05, 3.63) is 0 Å². The number of hydrogen-bond acceptors (Lipinski definition) is 2. The zero-order valence-corrected chi connectivity index (χ0v) is 7.76. The van der Waals surface area contributed by atoms with Gasteiger partial charge in [-0.3, -0.25) is 0 Å². The summed E-state index contributed by atoms with van der Waals surface area (Å²) in [5, 5.41) is 0. The zero-order valence-electron chi connectivity index (χ0n) is 4.60. The van der Waals surface area contributed by atoms with E-state index in [4.69, 9.17) is 11.6 Å². The molecule has 0 aromatic heterocycles. The van der Waals surface area contributed by atoms with Crippen LogP contribution >= 0.6 is 26.4 Å². The first kappa shape index (κ1) is 9.68. The van der Waals surface area contributed by atoms with Gasteiger partial charge in [0.15, 0.2) is 0 Å². The molecule has 0 atom stereocenters. The van der Waals surface area contributed by atoms with Gasteiger partial charge in [-0.15, -0.1) is 11.6 Å². The summed E-state index contributed by atoms with van der Waals surface area (Å²) in [5.41, 5.74) is 0. The first-order valence-corrected chi connectivity index (χ1v) is 6.17. The molecule has 0 unspecified atom stereocenters. The molecule has 0 aliphatic carbocycles. The van der Waals surface area contributed by atoms with Crippen LogP contribution in [0, 0.1) is 0 Å². The second-order valence-electron chi connectivity index (χ2n) is 1.37. The average molecular weight is 237 g/mol. The van der Waals surface area contributed by atoms with Gasteiger partial charge in [0.25, 0.3) is 8.46 Å². The van der Waals surface area contributed by atoms with Crippen LogP contribution in [0.1, 0.15) is 6.42 Å². The lowest BCUT2D eigenvalue weighted by Gasteiger charge is -1.95. The summed E-state index contributed by atoms with van der Waals surface area (Å²) < 4.78 is 22.8. The van der Waals surface area contributed by atoms with Crippen molar-refractivity contribution in [3.63, 3.8) is 0 Å². The molecule has 0 aromatic rings. The minimum Gasteiger partial charge on any atom is -0.206 e. The smallest absolute Gasteiger partial charge is 0.206 e. The highest BCUT2D eigenvalue weighted by Crippen LogP contribution is 1.93. The first-order valence-electron chi connectivity index (χ1n) is 2.31. The Kier molecular flexibility index (Phi) is 4.83. The number of nitrogens with one attached hydrogen (secondary N) is 1. The Bertz CT molecular complexity index is 157.